The number of ether oxygens (including phenoxy) is 1. The molecule has 0 saturated heterocycles. The monoisotopic (exact) mass is 301 g/mol. The fourth-order valence-electron chi connectivity index (χ4n) is 2.18. The molecule has 5 heteroatoms. The minimum absolute atomic E-state index is 0.0359. The normalized spacial score (nSPS) is 10.5. The lowest BCUT2D eigenvalue weighted by molar-refractivity contribution is 0.0495. The topological polar surface area (TPSA) is 66.8 Å². The number of carbonyl (C=O) groups excluding carboxylic acids is 1. The van der Waals surface area contributed by atoms with Gasteiger partial charge in [-0.15, -0.1) is 0 Å². The van der Waals surface area contributed by atoms with Crippen molar-refractivity contribution in [2.45, 2.75) is 13.3 Å². The van der Waals surface area contributed by atoms with Gasteiger partial charge >= 0.3 is 11.9 Å². The van der Waals surface area contributed by atoms with E-state index in [2.05, 4.69) is 0 Å². The minimum atomic E-state index is -1.14. The van der Waals surface area contributed by atoms with Gasteiger partial charge in [0.05, 0.1) is 17.7 Å². The summed E-state index contributed by atoms with van der Waals surface area (Å²) in [5.41, 5.74) is 1.03. The zero-order valence-electron chi connectivity index (χ0n) is 12.9. The van der Waals surface area contributed by atoms with Gasteiger partial charge < -0.3 is 14.7 Å². The summed E-state index contributed by atoms with van der Waals surface area (Å²) in [7, 11) is 3.84. The van der Waals surface area contributed by atoms with Crippen LogP contribution >= 0.6 is 0 Å². The molecule has 0 aromatic heterocycles. The van der Waals surface area contributed by atoms with Crippen molar-refractivity contribution in [1.29, 1.82) is 0 Å². The Bertz CT molecular complexity index is 722. The van der Waals surface area contributed by atoms with Crippen LogP contribution in [-0.2, 0) is 4.74 Å². The summed E-state index contributed by atoms with van der Waals surface area (Å²) >= 11 is 0. The first-order valence-electron chi connectivity index (χ1n) is 7.09. The van der Waals surface area contributed by atoms with Gasteiger partial charge in [0.15, 0.2) is 0 Å². The van der Waals surface area contributed by atoms with Crippen LogP contribution in [0.25, 0.3) is 10.8 Å². The van der Waals surface area contributed by atoms with Gasteiger partial charge in [-0.3, -0.25) is 0 Å². The van der Waals surface area contributed by atoms with Crippen LogP contribution in [0, 0.1) is 0 Å². The van der Waals surface area contributed by atoms with Crippen LogP contribution in [0.5, 0.6) is 0 Å². The highest BCUT2D eigenvalue weighted by molar-refractivity contribution is 6.07. The molecule has 1 N–H and O–H groups in total. The number of carbonyl (C=O) groups is 2. The predicted molar refractivity (Wildman–Crippen MR) is 85.8 cm³/mol. The summed E-state index contributed by atoms with van der Waals surface area (Å²) in [6.45, 7) is 2.16. The molecule has 0 fully saturated rings. The SMILES string of the molecule is CCCOC(=O)c1cc2cc(N(C)C)ccc2cc1C(=O)O. The molecule has 0 aliphatic heterocycles. The molecule has 0 unspecified atom stereocenters. The highest BCUT2D eigenvalue weighted by atomic mass is 16.5. The molecule has 0 atom stereocenters. The first-order valence-corrected chi connectivity index (χ1v) is 7.09. The zero-order valence-corrected chi connectivity index (χ0v) is 12.9. The Balaban J connectivity index is 2.58. The second-order valence-corrected chi connectivity index (χ2v) is 5.26. The number of carboxylic acid groups (broad SMARTS) is 1. The molecule has 116 valence electrons. The van der Waals surface area contributed by atoms with Crippen molar-refractivity contribution in [2.24, 2.45) is 0 Å². The summed E-state index contributed by atoms with van der Waals surface area (Å²) in [6, 6.07) is 8.77. The lowest BCUT2D eigenvalue weighted by Crippen LogP contribution is -2.12. The van der Waals surface area contributed by atoms with Crippen LogP contribution in [0.15, 0.2) is 30.3 Å². The molecule has 0 aliphatic carbocycles. The van der Waals surface area contributed by atoms with Crippen molar-refractivity contribution >= 4 is 28.4 Å². The van der Waals surface area contributed by atoms with E-state index in [1.54, 1.807) is 6.07 Å². The number of esters is 1. The lowest BCUT2D eigenvalue weighted by Gasteiger charge is -2.14. The van der Waals surface area contributed by atoms with Crippen molar-refractivity contribution in [3.8, 4) is 0 Å². The number of carboxylic acids is 1. The number of aromatic carboxylic acids is 1. The molecule has 0 amide bonds. The fraction of sp³-hybridized carbons (Fsp3) is 0.294. The Hall–Kier alpha value is -2.56. The predicted octanol–water partition coefficient (Wildman–Crippen LogP) is 3.17. The third-order valence-electron chi connectivity index (χ3n) is 3.36. The summed E-state index contributed by atoms with van der Waals surface area (Å²) in [4.78, 5) is 25.4. The Morgan fingerprint density at radius 1 is 1.09 bits per heavy atom. The Labute approximate surface area is 129 Å². The van der Waals surface area contributed by atoms with E-state index in [1.807, 2.05) is 44.1 Å². The van der Waals surface area contributed by atoms with E-state index >= 15 is 0 Å². The van der Waals surface area contributed by atoms with E-state index in [0.29, 0.717) is 6.42 Å². The van der Waals surface area contributed by atoms with Crippen LogP contribution in [0.1, 0.15) is 34.1 Å². The first-order chi connectivity index (χ1) is 10.4. The average Bonchev–Trinajstić information content (AvgIpc) is 2.50. The van der Waals surface area contributed by atoms with E-state index in [1.165, 1.54) is 6.07 Å². The molecule has 0 radical (unpaired) electrons. The summed E-state index contributed by atoms with van der Waals surface area (Å²) in [5, 5.41) is 10.9. The van der Waals surface area contributed by atoms with Crippen molar-refractivity contribution in [3.05, 3.63) is 41.5 Å². The molecule has 2 aromatic carbocycles. The third-order valence-corrected chi connectivity index (χ3v) is 3.36. The molecular weight excluding hydrogens is 282 g/mol. The lowest BCUT2D eigenvalue weighted by atomic mass is 10.00. The number of anilines is 1. The van der Waals surface area contributed by atoms with E-state index in [0.717, 1.165) is 16.5 Å². The molecule has 5 nitrogen and oxygen atoms in total. The maximum atomic E-state index is 12.1. The Morgan fingerprint density at radius 2 is 1.77 bits per heavy atom. The van der Waals surface area contributed by atoms with Gasteiger partial charge in [-0.05, 0) is 41.5 Å². The minimum Gasteiger partial charge on any atom is -0.478 e. The fourth-order valence-corrected chi connectivity index (χ4v) is 2.18. The van der Waals surface area contributed by atoms with E-state index in [9.17, 15) is 14.7 Å². The largest absolute Gasteiger partial charge is 0.478 e. The number of hydrogen-bond donors (Lipinski definition) is 1. The van der Waals surface area contributed by atoms with Crippen LogP contribution in [-0.4, -0.2) is 37.7 Å². The van der Waals surface area contributed by atoms with Gasteiger partial charge in [0.2, 0.25) is 0 Å². The molecule has 0 aliphatic rings. The van der Waals surface area contributed by atoms with Crippen molar-refractivity contribution < 1.29 is 19.4 Å². The summed E-state index contributed by atoms with van der Waals surface area (Å²) < 4.78 is 5.08. The molecule has 0 spiro atoms. The van der Waals surface area contributed by atoms with Gasteiger partial charge in [-0.1, -0.05) is 13.0 Å². The van der Waals surface area contributed by atoms with Crippen LogP contribution in [0.2, 0.25) is 0 Å². The quantitative estimate of drug-likeness (QED) is 0.859. The first kappa shape index (κ1) is 15.8. The van der Waals surface area contributed by atoms with Crippen LogP contribution in [0.4, 0.5) is 5.69 Å². The van der Waals surface area contributed by atoms with Crippen molar-refractivity contribution in [2.75, 3.05) is 25.6 Å². The smallest absolute Gasteiger partial charge is 0.339 e. The molecular formula is C17H19NO4. The maximum Gasteiger partial charge on any atom is 0.339 e. The van der Waals surface area contributed by atoms with E-state index < -0.39 is 11.9 Å². The van der Waals surface area contributed by atoms with Gasteiger partial charge in [0.25, 0.3) is 0 Å². The number of rotatable bonds is 5. The van der Waals surface area contributed by atoms with Gasteiger partial charge in [-0.25, -0.2) is 9.59 Å². The number of nitrogens with zero attached hydrogens (tertiary/aromatic N) is 1. The second-order valence-electron chi connectivity index (χ2n) is 5.26. The average molecular weight is 301 g/mol. The van der Waals surface area contributed by atoms with Crippen molar-refractivity contribution in [1.82, 2.24) is 0 Å². The van der Waals surface area contributed by atoms with E-state index in [-0.39, 0.29) is 17.7 Å². The van der Waals surface area contributed by atoms with Crippen LogP contribution < -0.4 is 4.90 Å². The molecule has 0 saturated carbocycles. The molecule has 0 bridgehead atoms. The van der Waals surface area contributed by atoms with Gasteiger partial charge in [0.1, 0.15) is 0 Å². The molecule has 0 heterocycles. The van der Waals surface area contributed by atoms with Gasteiger partial charge in [-0.2, -0.15) is 0 Å². The Kier molecular flexibility index (Phi) is 4.65. The molecule has 2 aromatic rings. The highest BCUT2D eigenvalue weighted by Crippen LogP contribution is 2.25. The standard InChI is InChI=1S/C17H19NO4/c1-4-7-22-17(21)15-10-12-8-13(18(2)3)6-5-11(12)9-14(15)16(19)20/h5-6,8-10H,4,7H2,1-3H3,(H,19,20). The Morgan fingerprint density at radius 3 is 2.36 bits per heavy atom. The number of hydrogen-bond acceptors (Lipinski definition) is 4. The molecule has 2 rings (SSSR count). The summed E-state index contributed by atoms with van der Waals surface area (Å²) in [5.74, 6) is -1.74. The van der Waals surface area contributed by atoms with Crippen molar-refractivity contribution in [3.63, 3.8) is 0 Å². The van der Waals surface area contributed by atoms with Gasteiger partial charge in [0, 0.05) is 19.8 Å². The third kappa shape index (κ3) is 3.19. The second kappa shape index (κ2) is 6.47. The van der Waals surface area contributed by atoms with E-state index in [4.69, 9.17) is 4.74 Å². The zero-order chi connectivity index (χ0) is 16.3. The van der Waals surface area contributed by atoms with Crippen LogP contribution in [0.3, 0.4) is 0 Å². The summed E-state index contributed by atoms with van der Waals surface area (Å²) in [6.07, 6.45) is 0.687. The maximum absolute atomic E-state index is 12.1. The number of fused-ring (bicyclic) bond motifs is 1. The molecule has 22 heavy (non-hydrogen) atoms. The number of benzene rings is 2. The highest BCUT2D eigenvalue weighted by Gasteiger charge is 2.19.